The lowest BCUT2D eigenvalue weighted by atomic mass is 9.98. The molecule has 0 amide bonds. The summed E-state index contributed by atoms with van der Waals surface area (Å²) in [6.07, 6.45) is 21.6. The van der Waals surface area contributed by atoms with Crippen LogP contribution in [0.4, 0.5) is 0 Å². The lowest BCUT2D eigenvalue weighted by molar-refractivity contribution is -0.0863. The second-order valence-electron chi connectivity index (χ2n) is 9.17. The van der Waals surface area contributed by atoms with Crippen molar-refractivity contribution in [2.75, 3.05) is 0 Å². The maximum absolute atomic E-state index is 6.21. The molecule has 0 saturated heterocycles. The molecule has 0 aromatic carbocycles. The van der Waals surface area contributed by atoms with Crippen LogP contribution >= 0.6 is 0 Å². The van der Waals surface area contributed by atoms with E-state index in [9.17, 15) is 0 Å². The number of ether oxygens (including phenoxy) is 1. The first kappa shape index (κ1) is 25.0. The molecule has 0 saturated carbocycles. The van der Waals surface area contributed by atoms with Gasteiger partial charge >= 0.3 is 0 Å². The quantitative estimate of drug-likeness (QED) is 0.224. The van der Waals surface area contributed by atoms with Gasteiger partial charge in [0.25, 0.3) is 0 Å². The first-order valence-electron chi connectivity index (χ1n) is 11.6. The molecule has 0 aliphatic carbocycles. The number of rotatable bonds is 18. The van der Waals surface area contributed by atoms with Gasteiger partial charge in [-0.15, -0.1) is 0 Å². The van der Waals surface area contributed by atoms with Crippen molar-refractivity contribution in [1.29, 1.82) is 0 Å². The van der Waals surface area contributed by atoms with Crippen LogP contribution in [-0.2, 0) is 4.74 Å². The highest BCUT2D eigenvalue weighted by molar-refractivity contribution is 4.71. The number of unbranched alkanes of at least 4 members (excludes halogenated alkanes) is 13. The van der Waals surface area contributed by atoms with Gasteiger partial charge in [-0.3, -0.25) is 0 Å². The molecule has 0 N–H and O–H groups in total. The van der Waals surface area contributed by atoms with Crippen molar-refractivity contribution in [2.45, 2.75) is 150 Å². The van der Waals surface area contributed by atoms with Crippen LogP contribution in [0.5, 0.6) is 0 Å². The van der Waals surface area contributed by atoms with Crippen LogP contribution in [0, 0.1) is 5.92 Å². The van der Waals surface area contributed by atoms with E-state index in [1.165, 1.54) is 96.3 Å². The van der Waals surface area contributed by atoms with E-state index in [4.69, 9.17) is 4.74 Å². The zero-order valence-electron chi connectivity index (χ0n) is 18.7. The van der Waals surface area contributed by atoms with E-state index < -0.39 is 0 Å². The van der Waals surface area contributed by atoms with E-state index in [1.807, 2.05) is 0 Å². The molecule has 0 spiro atoms. The monoisotopic (exact) mass is 354 g/mol. The van der Waals surface area contributed by atoms with E-state index in [0.717, 1.165) is 0 Å². The molecule has 1 unspecified atom stereocenters. The fraction of sp³-hybridized carbons (Fsp3) is 1.00. The summed E-state index contributed by atoms with van der Waals surface area (Å²) >= 11 is 0. The summed E-state index contributed by atoms with van der Waals surface area (Å²) in [7, 11) is 0. The molecule has 0 heterocycles. The van der Waals surface area contributed by atoms with Crippen LogP contribution in [0.3, 0.4) is 0 Å². The molecule has 0 fully saturated rings. The number of hydrogen-bond acceptors (Lipinski definition) is 1. The molecular weight excluding hydrogens is 304 g/mol. The molecule has 25 heavy (non-hydrogen) atoms. The van der Waals surface area contributed by atoms with Gasteiger partial charge in [-0.1, -0.05) is 111 Å². The normalized spacial score (nSPS) is 13.6. The van der Waals surface area contributed by atoms with Crippen LogP contribution in [0.15, 0.2) is 0 Å². The molecule has 0 aliphatic heterocycles. The van der Waals surface area contributed by atoms with Crippen LogP contribution in [0.25, 0.3) is 0 Å². The Kier molecular flexibility index (Phi) is 16.1. The van der Waals surface area contributed by atoms with E-state index in [-0.39, 0.29) is 5.60 Å². The third-order valence-corrected chi connectivity index (χ3v) is 5.58. The molecule has 1 nitrogen and oxygen atoms in total. The molecular formula is C24H50O. The lowest BCUT2D eigenvalue weighted by Gasteiger charge is -2.31. The first-order chi connectivity index (χ1) is 11.9. The van der Waals surface area contributed by atoms with Gasteiger partial charge in [0, 0.05) is 0 Å². The smallest absolute Gasteiger partial charge is 0.0630 e. The topological polar surface area (TPSA) is 9.23 Å². The average Bonchev–Trinajstić information content (AvgIpc) is 2.54. The summed E-state index contributed by atoms with van der Waals surface area (Å²) in [5, 5.41) is 0. The average molecular weight is 355 g/mol. The van der Waals surface area contributed by atoms with E-state index in [0.29, 0.717) is 12.0 Å². The fourth-order valence-corrected chi connectivity index (χ4v) is 3.44. The van der Waals surface area contributed by atoms with E-state index >= 15 is 0 Å². The van der Waals surface area contributed by atoms with Crippen LogP contribution in [0.2, 0.25) is 0 Å². The molecule has 0 bridgehead atoms. The summed E-state index contributed by atoms with van der Waals surface area (Å²) < 4.78 is 6.21. The second kappa shape index (κ2) is 16.2. The molecule has 0 aromatic rings. The van der Waals surface area contributed by atoms with Crippen molar-refractivity contribution in [3.63, 3.8) is 0 Å². The Balaban J connectivity index is 3.33. The Hall–Kier alpha value is -0.0400. The minimum Gasteiger partial charge on any atom is -0.372 e. The molecule has 0 aliphatic rings. The van der Waals surface area contributed by atoms with Crippen molar-refractivity contribution in [3.8, 4) is 0 Å². The standard InChI is InChI=1S/C24H50O/c1-7-8-9-10-11-12-13-14-15-16-17-18-19-20-21-24(5,6)25-23(4)22(2)3/h22-23H,7-21H2,1-6H3. The van der Waals surface area contributed by atoms with Gasteiger partial charge in [0.15, 0.2) is 0 Å². The summed E-state index contributed by atoms with van der Waals surface area (Å²) in [6.45, 7) is 13.5. The summed E-state index contributed by atoms with van der Waals surface area (Å²) in [4.78, 5) is 0. The van der Waals surface area contributed by atoms with Crippen molar-refractivity contribution < 1.29 is 4.74 Å². The molecule has 1 atom stereocenters. The lowest BCUT2D eigenvalue weighted by Crippen LogP contribution is -2.31. The Morgan fingerprint density at radius 2 is 0.960 bits per heavy atom. The zero-order valence-corrected chi connectivity index (χ0v) is 18.7. The Bertz CT molecular complexity index is 269. The Morgan fingerprint density at radius 3 is 1.32 bits per heavy atom. The van der Waals surface area contributed by atoms with Gasteiger partial charge in [-0.05, 0) is 33.1 Å². The highest BCUT2D eigenvalue weighted by Crippen LogP contribution is 2.23. The van der Waals surface area contributed by atoms with E-state index in [2.05, 4.69) is 41.5 Å². The highest BCUT2D eigenvalue weighted by Gasteiger charge is 2.22. The molecule has 1 heteroatoms. The Morgan fingerprint density at radius 1 is 0.600 bits per heavy atom. The predicted octanol–water partition coefficient (Wildman–Crippen LogP) is 8.70. The predicted molar refractivity (Wildman–Crippen MR) is 114 cm³/mol. The first-order valence-corrected chi connectivity index (χ1v) is 11.6. The molecule has 0 radical (unpaired) electrons. The largest absolute Gasteiger partial charge is 0.372 e. The van der Waals surface area contributed by atoms with Crippen LogP contribution in [0.1, 0.15) is 138 Å². The fourth-order valence-electron chi connectivity index (χ4n) is 3.44. The third kappa shape index (κ3) is 17.1. The molecule has 0 rings (SSSR count). The van der Waals surface area contributed by atoms with Gasteiger partial charge in [-0.25, -0.2) is 0 Å². The summed E-state index contributed by atoms with van der Waals surface area (Å²) in [5.74, 6) is 0.607. The van der Waals surface area contributed by atoms with Crippen molar-refractivity contribution in [2.24, 2.45) is 5.92 Å². The van der Waals surface area contributed by atoms with Crippen molar-refractivity contribution in [1.82, 2.24) is 0 Å². The summed E-state index contributed by atoms with van der Waals surface area (Å²) in [6, 6.07) is 0. The summed E-state index contributed by atoms with van der Waals surface area (Å²) in [5.41, 5.74) is 0.0425. The highest BCUT2D eigenvalue weighted by atomic mass is 16.5. The van der Waals surface area contributed by atoms with Gasteiger partial charge in [0.05, 0.1) is 11.7 Å². The minimum absolute atomic E-state index is 0.0425. The van der Waals surface area contributed by atoms with Gasteiger partial charge in [0.1, 0.15) is 0 Å². The van der Waals surface area contributed by atoms with Gasteiger partial charge < -0.3 is 4.74 Å². The SMILES string of the molecule is CCCCCCCCCCCCCCCCC(C)(C)OC(C)C(C)C. The maximum Gasteiger partial charge on any atom is 0.0630 e. The van der Waals surface area contributed by atoms with E-state index in [1.54, 1.807) is 0 Å². The van der Waals surface area contributed by atoms with Crippen LogP contribution < -0.4 is 0 Å². The van der Waals surface area contributed by atoms with Gasteiger partial charge in [-0.2, -0.15) is 0 Å². The number of hydrogen-bond donors (Lipinski definition) is 0. The zero-order chi connectivity index (χ0) is 19.0. The maximum atomic E-state index is 6.21. The van der Waals surface area contributed by atoms with Crippen molar-refractivity contribution >= 4 is 0 Å². The van der Waals surface area contributed by atoms with Gasteiger partial charge in [0.2, 0.25) is 0 Å². The Labute approximate surface area is 160 Å². The third-order valence-electron chi connectivity index (χ3n) is 5.58. The minimum atomic E-state index is 0.0425. The molecule has 0 aromatic heterocycles. The second-order valence-corrected chi connectivity index (χ2v) is 9.17. The van der Waals surface area contributed by atoms with Crippen LogP contribution in [-0.4, -0.2) is 11.7 Å². The molecule has 152 valence electrons. The van der Waals surface area contributed by atoms with Crippen molar-refractivity contribution in [3.05, 3.63) is 0 Å².